The number of pyridine rings is 1. The van der Waals surface area contributed by atoms with E-state index in [1.165, 1.54) is 21.3 Å². The average molecular weight is 942 g/mol. The number of hydrogen-bond acceptors (Lipinski definition) is 11. The van der Waals surface area contributed by atoms with Gasteiger partial charge in [0.1, 0.15) is 23.9 Å². The molecule has 362 valence electrons. The number of hydrogen-bond donors (Lipinski definition) is 3. The van der Waals surface area contributed by atoms with Crippen LogP contribution in [0.1, 0.15) is 90.7 Å². The molecule has 2 fully saturated rings. The first-order valence-electron chi connectivity index (χ1n) is 23.5. The van der Waals surface area contributed by atoms with E-state index in [1.54, 1.807) is 32.4 Å². The number of nitrogens with one attached hydrogen (secondary N) is 2. The van der Waals surface area contributed by atoms with Crippen molar-refractivity contribution in [3.05, 3.63) is 71.5 Å². The molecule has 2 aromatic carbocycles. The highest BCUT2D eigenvalue weighted by Crippen LogP contribution is 2.42. The highest BCUT2D eigenvalue weighted by Gasteiger charge is 2.41. The van der Waals surface area contributed by atoms with Gasteiger partial charge in [0.05, 0.1) is 35.8 Å². The third-order valence-corrected chi connectivity index (χ3v) is 15.5. The molecule has 0 radical (unpaired) electrons. The number of phenolic OH excluding ortho intramolecular Hbond substituents is 1. The summed E-state index contributed by atoms with van der Waals surface area (Å²) in [6.45, 7) is 14.7. The van der Waals surface area contributed by atoms with Gasteiger partial charge in [-0.1, -0.05) is 39.8 Å². The number of carbonyl (C=O) groups is 4. The quantitative estimate of drug-likeness (QED) is 0.159. The van der Waals surface area contributed by atoms with Crippen molar-refractivity contribution in [3.63, 3.8) is 0 Å². The lowest BCUT2D eigenvalue weighted by molar-refractivity contribution is -0.155. The Morgan fingerprint density at radius 2 is 1.82 bits per heavy atom. The van der Waals surface area contributed by atoms with Gasteiger partial charge in [-0.05, 0) is 111 Å². The van der Waals surface area contributed by atoms with Crippen molar-refractivity contribution < 1.29 is 42.2 Å². The van der Waals surface area contributed by atoms with Crippen LogP contribution >= 0.6 is 0 Å². The third-order valence-electron chi connectivity index (χ3n) is 13.6. The molecule has 5 heterocycles. The van der Waals surface area contributed by atoms with Gasteiger partial charge in [0.15, 0.2) is 0 Å². The summed E-state index contributed by atoms with van der Waals surface area (Å²) >= 11 is 0. The summed E-state index contributed by atoms with van der Waals surface area (Å²) in [6, 6.07) is 12.3. The van der Waals surface area contributed by atoms with Gasteiger partial charge >= 0.3 is 5.97 Å². The van der Waals surface area contributed by atoms with E-state index >= 15 is 0 Å². The molecule has 4 aromatic rings. The highest BCUT2D eigenvalue weighted by atomic mass is 32.2. The minimum absolute atomic E-state index is 0.0266. The van der Waals surface area contributed by atoms with Gasteiger partial charge in [0, 0.05) is 74.8 Å². The number of rotatable bonds is 11. The van der Waals surface area contributed by atoms with Gasteiger partial charge in [-0.3, -0.25) is 29.2 Å². The topological polar surface area (TPSA) is 193 Å². The number of nitrogens with zero attached hydrogens (tertiary/aromatic N) is 5. The van der Waals surface area contributed by atoms with Crippen LogP contribution in [0, 0.1) is 17.3 Å². The standard InChI is InChI=1S/C50H67N7O9S/c1-10-56-42-17-16-33-26-38(42)39(45(56)37-14-12-19-51-43(37)31(5)65-9)27-50(6,7)29-66-49(62)40-15-13-20-57(53-40)48(61)41(24-32-22-35(33)25-36(58)23-32)52-46(59)44(30(3)4)54(8)47(60)34-18-21-55(28-34)67(63,64)11-2/h12,14,16-17,19,22-23,25-26,30-31,34,40-41,44,53,58H,10-11,13,15,18,20-21,24,27-29H2,1-9H3,(H,52,59)/t31-,34-,40-,41-,44?/m0/s1. The molecule has 3 N–H and O–H groups in total. The van der Waals surface area contributed by atoms with E-state index in [2.05, 4.69) is 54.3 Å². The minimum Gasteiger partial charge on any atom is -0.508 e. The average Bonchev–Trinajstić information content (AvgIpc) is 3.93. The molecular formula is C50H67N7O9S. The summed E-state index contributed by atoms with van der Waals surface area (Å²) in [4.78, 5) is 63.3. The minimum atomic E-state index is -3.50. The molecule has 0 spiro atoms. The fourth-order valence-corrected chi connectivity index (χ4v) is 11.2. The number of phenols is 1. The van der Waals surface area contributed by atoms with Gasteiger partial charge < -0.3 is 29.4 Å². The summed E-state index contributed by atoms with van der Waals surface area (Å²) in [5.74, 6) is -3.03. The van der Waals surface area contributed by atoms with Crippen LogP contribution in [0.2, 0.25) is 0 Å². The number of methoxy groups -OCH3 is 1. The van der Waals surface area contributed by atoms with Crippen LogP contribution in [0.4, 0.5) is 0 Å². The van der Waals surface area contributed by atoms with Gasteiger partial charge in [-0.2, -0.15) is 0 Å². The summed E-state index contributed by atoms with van der Waals surface area (Å²) in [7, 11) is -0.293. The van der Waals surface area contributed by atoms with E-state index in [1.807, 2.05) is 39.0 Å². The van der Waals surface area contributed by atoms with Crippen LogP contribution in [0.3, 0.4) is 0 Å². The Bertz CT molecular complexity index is 2630. The van der Waals surface area contributed by atoms with E-state index in [-0.39, 0.29) is 62.1 Å². The smallest absolute Gasteiger partial charge is 0.324 e. The lowest BCUT2D eigenvalue weighted by Gasteiger charge is -2.37. The molecule has 2 saturated heterocycles. The first kappa shape index (κ1) is 49.5. The number of amides is 3. The normalized spacial score (nSPS) is 21.5. The zero-order valence-electron chi connectivity index (χ0n) is 40.3. The number of cyclic esters (lactones) is 1. The Morgan fingerprint density at radius 1 is 1.06 bits per heavy atom. The number of fused-ring (bicyclic) bond motifs is 6. The Kier molecular flexibility index (Phi) is 14.8. The first-order valence-corrected chi connectivity index (χ1v) is 25.1. The van der Waals surface area contributed by atoms with Gasteiger partial charge in [0.2, 0.25) is 21.8 Å². The SMILES string of the molecule is CCn1c(-c2cccnc2[C@H](C)OC)c2c3cc(ccc31)-c1cc(O)cc(c1)C[C@H](NC(=O)C(C(C)C)N(C)C(=O)[C@H]1CCN(S(=O)(=O)CC)C1)C(=O)N1CCC[C@H](N1)C(=O)OCC(C)(C)C2. The molecule has 67 heavy (non-hydrogen) atoms. The maximum Gasteiger partial charge on any atom is 0.324 e. The van der Waals surface area contributed by atoms with E-state index in [9.17, 15) is 32.7 Å². The number of hydrazine groups is 1. The van der Waals surface area contributed by atoms with Crippen LogP contribution in [-0.2, 0) is 58.1 Å². The maximum absolute atomic E-state index is 14.7. The predicted octanol–water partition coefficient (Wildman–Crippen LogP) is 5.61. The molecule has 6 bridgehead atoms. The second-order valence-electron chi connectivity index (χ2n) is 19.4. The predicted molar refractivity (Wildman–Crippen MR) is 256 cm³/mol. The molecule has 16 nitrogen and oxygen atoms in total. The highest BCUT2D eigenvalue weighted by molar-refractivity contribution is 7.89. The van der Waals surface area contributed by atoms with Crippen LogP contribution in [-0.4, -0.2) is 125 Å². The summed E-state index contributed by atoms with van der Waals surface area (Å²) < 4.78 is 40.8. The second kappa shape index (κ2) is 20.1. The van der Waals surface area contributed by atoms with E-state index in [0.717, 1.165) is 39.0 Å². The Morgan fingerprint density at radius 3 is 2.52 bits per heavy atom. The van der Waals surface area contributed by atoms with Gasteiger partial charge in [-0.25, -0.2) is 18.1 Å². The van der Waals surface area contributed by atoms with E-state index < -0.39 is 57.3 Å². The summed E-state index contributed by atoms with van der Waals surface area (Å²) in [6.07, 6.45) is 3.22. The van der Waals surface area contributed by atoms with Gasteiger partial charge in [-0.15, -0.1) is 0 Å². The van der Waals surface area contributed by atoms with Crippen molar-refractivity contribution in [2.45, 2.75) is 111 Å². The molecule has 3 aliphatic heterocycles. The molecule has 1 unspecified atom stereocenters. The van der Waals surface area contributed by atoms with Crippen molar-refractivity contribution in [1.29, 1.82) is 0 Å². The molecule has 3 amide bonds. The Labute approximate surface area is 394 Å². The fourth-order valence-electron chi connectivity index (χ4n) is 10.0. The third kappa shape index (κ3) is 10.4. The van der Waals surface area contributed by atoms with Gasteiger partial charge in [0.25, 0.3) is 5.91 Å². The number of aromatic nitrogens is 2. The number of esters is 1. The number of carbonyl (C=O) groups excluding carboxylic acids is 4. The number of sulfonamides is 1. The number of likely N-dealkylation sites (N-methyl/N-ethyl adjacent to an activating group) is 1. The molecule has 2 aromatic heterocycles. The van der Waals surface area contributed by atoms with Crippen molar-refractivity contribution in [2.24, 2.45) is 17.3 Å². The van der Waals surface area contributed by atoms with Crippen LogP contribution < -0.4 is 10.7 Å². The lowest BCUT2D eigenvalue weighted by atomic mass is 9.84. The van der Waals surface area contributed by atoms with Crippen molar-refractivity contribution in [1.82, 2.24) is 34.5 Å². The zero-order valence-corrected chi connectivity index (χ0v) is 41.1. The van der Waals surface area contributed by atoms with Crippen LogP contribution in [0.25, 0.3) is 33.3 Å². The Hall–Kier alpha value is -5.36. The number of ether oxygens (including phenoxy) is 2. The second-order valence-corrected chi connectivity index (χ2v) is 21.7. The van der Waals surface area contributed by atoms with Crippen LogP contribution in [0.5, 0.6) is 5.75 Å². The first-order chi connectivity index (χ1) is 31.8. The largest absolute Gasteiger partial charge is 0.508 e. The fraction of sp³-hybridized carbons (Fsp3) is 0.540. The number of benzene rings is 2. The lowest BCUT2D eigenvalue weighted by Crippen LogP contribution is -2.62. The van der Waals surface area contributed by atoms with Crippen molar-refractivity contribution in [2.75, 3.05) is 46.2 Å². The summed E-state index contributed by atoms with van der Waals surface area (Å²) in [5.41, 5.74) is 9.42. The Balaban J connectivity index is 1.30. The molecule has 0 aliphatic carbocycles. The summed E-state index contributed by atoms with van der Waals surface area (Å²) in [5, 5.41) is 16.7. The molecular weight excluding hydrogens is 875 g/mol. The molecule has 7 rings (SSSR count). The molecule has 3 aliphatic rings. The zero-order chi connectivity index (χ0) is 48.5. The monoisotopic (exact) mass is 941 g/mol. The molecule has 17 heteroatoms. The van der Waals surface area contributed by atoms with E-state index in [4.69, 9.17) is 14.5 Å². The molecule has 0 saturated carbocycles. The molecule has 5 atom stereocenters. The maximum atomic E-state index is 14.7. The number of aryl methyl sites for hydroxylation is 1. The van der Waals surface area contributed by atoms with Crippen LogP contribution in [0.15, 0.2) is 54.7 Å². The van der Waals surface area contributed by atoms with Crippen molar-refractivity contribution in [3.8, 4) is 28.1 Å². The van der Waals surface area contributed by atoms with E-state index in [0.29, 0.717) is 43.4 Å². The van der Waals surface area contributed by atoms with Crippen molar-refractivity contribution >= 4 is 44.6 Å². The number of aromatic hydroxyl groups is 1.